The summed E-state index contributed by atoms with van der Waals surface area (Å²) in [6.07, 6.45) is -0.0668. The van der Waals surface area contributed by atoms with Gasteiger partial charge in [-0.2, -0.15) is 0 Å². The van der Waals surface area contributed by atoms with E-state index in [1.54, 1.807) is 0 Å². The van der Waals surface area contributed by atoms with E-state index in [-0.39, 0.29) is 29.9 Å². The van der Waals surface area contributed by atoms with E-state index in [1.165, 1.54) is 11.0 Å². The van der Waals surface area contributed by atoms with Crippen molar-refractivity contribution in [2.24, 2.45) is 0 Å². The highest BCUT2D eigenvalue weighted by Crippen LogP contribution is 2.31. The fourth-order valence-corrected chi connectivity index (χ4v) is 2.93. The van der Waals surface area contributed by atoms with E-state index in [0.717, 1.165) is 11.6 Å². The van der Waals surface area contributed by atoms with Crippen LogP contribution in [0.15, 0.2) is 42.5 Å². The van der Waals surface area contributed by atoms with Crippen LogP contribution in [0.1, 0.15) is 15.9 Å². The molecule has 1 saturated heterocycles. The maximum Gasteiger partial charge on any atom is 0.262 e. The Morgan fingerprint density at radius 1 is 1.27 bits per heavy atom. The summed E-state index contributed by atoms with van der Waals surface area (Å²) in [5.74, 6) is -1.20. The Hall–Kier alpha value is -2.93. The number of halogens is 1. The summed E-state index contributed by atoms with van der Waals surface area (Å²) in [7, 11) is 0. The van der Waals surface area contributed by atoms with Crippen LogP contribution < -0.4 is 10.1 Å². The van der Waals surface area contributed by atoms with E-state index in [9.17, 15) is 14.0 Å². The van der Waals surface area contributed by atoms with E-state index in [0.29, 0.717) is 25.4 Å². The van der Waals surface area contributed by atoms with Crippen LogP contribution in [0, 0.1) is 5.82 Å². The van der Waals surface area contributed by atoms with Crippen molar-refractivity contribution in [1.82, 2.24) is 4.90 Å². The molecule has 1 N–H and O–H groups in total. The van der Waals surface area contributed by atoms with Gasteiger partial charge in [-0.1, -0.05) is 30.3 Å². The van der Waals surface area contributed by atoms with Crippen LogP contribution in [-0.4, -0.2) is 42.5 Å². The Morgan fingerprint density at radius 3 is 2.81 bits per heavy atom. The van der Waals surface area contributed by atoms with Crippen LogP contribution in [0.25, 0.3) is 0 Å². The number of hydrogen-bond donors (Lipinski definition) is 1. The maximum atomic E-state index is 14.2. The minimum absolute atomic E-state index is 0.0668. The molecule has 0 unspecified atom stereocenters. The fraction of sp³-hybridized carbons (Fsp3) is 0.263. The number of carbonyl (C=O) groups is 2. The van der Waals surface area contributed by atoms with Gasteiger partial charge in [-0.25, -0.2) is 4.39 Å². The summed E-state index contributed by atoms with van der Waals surface area (Å²) in [4.78, 5) is 25.4. The van der Waals surface area contributed by atoms with Crippen LogP contribution in [0.5, 0.6) is 5.75 Å². The van der Waals surface area contributed by atoms with Gasteiger partial charge in [0.2, 0.25) is 0 Å². The highest BCUT2D eigenvalue weighted by atomic mass is 19.1. The van der Waals surface area contributed by atoms with Gasteiger partial charge in [-0.3, -0.25) is 9.59 Å². The molecule has 6 nitrogen and oxygen atoms in total. The van der Waals surface area contributed by atoms with Gasteiger partial charge in [0, 0.05) is 19.2 Å². The molecule has 0 atom stereocenters. The average molecular weight is 356 g/mol. The molecule has 2 aliphatic heterocycles. The molecule has 2 aromatic rings. The van der Waals surface area contributed by atoms with Crippen molar-refractivity contribution < 1.29 is 23.5 Å². The van der Waals surface area contributed by atoms with Gasteiger partial charge in [0.05, 0.1) is 24.0 Å². The standard InChI is InChI=1S/C19H17FN2O4/c20-15-7-17-16(21-18(23)11-26-17)6-14(15)19(24)22-8-13(9-22)25-10-12-4-2-1-3-5-12/h1-7,13H,8-11H2,(H,21,23). The molecule has 134 valence electrons. The topological polar surface area (TPSA) is 67.9 Å². The molecule has 0 spiro atoms. The van der Waals surface area contributed by atoms with E-state index < -0.39 is 11.7 Å². The van der Waals surface area contributed by atoms with Crippen molar-refractivity contribution in [2.45, 2.75) is 12.7 Å². The van der Waals surface area contributed by atoms with Crippen LogP contribution in [-0.2, 0) is 16.1 Å². The first kappa shape index (κ1) is 16.5. The van der Waals surface area contributed by atoms with E-state index in [2.05, 4.69) is 5.32 Å². The van der Waals surface area contributed by atoms with Crippen molar-refractivity contribution in [1.29, 1.82) is 0 Å². The van der Waals surface area contributed by atoms with Gasteiger partial charge >= 0.3 is 0 Å². The fourth-order valence-electron chi connectivity index (χ4n) is 2.93. The Labute approximate surface area is 149 Å². The van der Waals surface area contributed by atoms with Crippen molar-refractivity contribution >= 4 is 17.5 Å². The van der Waals surface area contributed by atoms with Crippen LogP contribution in [0.3, 0.4) is 0 Å². The summed E-state index contributed by atoms with van der Waals surface area (Å²) in [6, 6.07) is 12.2. The molecular weight excluding hydrogens is 339 g/mol. The number of ether oxygens (including phenoxy) is 2. The number of fused-ring (bicyclic) bond motifs is 1. The van der Waals surface area contributed by atoms with E-state index in [1.807, 2.05) is 30.3 Å². The van der Waals surface area contributed by atoms with E-state index >= 15 is 0 Å². The summed E-state index contributed by atoms with van der Waals surface area (Å²) in [5.41, 5.74) is 1.29. The normalized spacial score (nSPS) is 16.3. The number of hydrogen-bond acceptors (Lipinski definition) is 4. The number of carbonyl (C=O) groups excluding carboxylic acids is 2. The van der Waals surface area contributed by atoms with Gasteiger partial charge in [-0.15, -0.1) is 0 Å². The number of rotatable bonds is 4. The van der Waals surface area contributed by atoms with Crippen molar-refractivity contribution in [3.8, 4) is 5.75 Å². The molecule has 4 rings (SSSR count). The lowest BCUT2D eigenvalue weighted by molar-refractivity contribution is -0.118. The molecule has 2 amide bonds. The Morgan fingerprint density at radius 2 is 2.04 bits per heavy atom. The number of benzene rings is 2. The highest BCUT2D eigenvalue weighted by Gasteiger charge is 2.34. The third-order valence-corrected chi connectivity index (χ3v) is 4.40. The number of likely N-dealkylation sites (tertiary alicyclic amines) is 1. The van der Waals surface area contributed by atoms with Crippen molar-refractivity contribution in [3.05, 3.63) is 59.4 Å². The minimum atomic E-state index is -0.668. The maximum absolute atomic E-state index is 14.2. The summed E-state index contributed by atoms with van der Waals surface area (Å²) in [6.45, 7) is 1.13. The van der Waals surface area contributed by atoms with E-state index in [4.69, 9.17) is 9.47 Å². The van der Waals surface area contributed by atoms with Gasteiger partial charge in [0.15, 0.2) is 6.61 Å². The number of anilines is 1. The molecule has 0 aromatic heterocycles. The van der Waals surface area contributed by atoms with Crippen LogP contribution in [0.2, 0.25) is 0 Å². The smallest absolute Gasteiger partial charge is 0.262 e. The molecule has 0 saturated carbocycles. The predicted octanol–water partition coefficient (Wildman–Crippen LogP) is 2.20. The summed E-state index contributed by atoms with van der Waals surface area (Å²) >= 11 is 0. The molecular formula is C19H17FN2O4. The molecule has 0 aliphatic carbocycles. The lowest BCUT2D eigenvalue weighted by atomic mass is 10.1. The monoisotopic (exact) mass is 356 g/mol. The zero-order valence-electron chi connectivity index (χ0n) is 13.9. The zero-order valence-corrected chi connectivity index (χ0v) is 13.9. The third kappa shape index (κ3) is 3.25. The van der Waals surface area contributed by atoms with Crippen LogP contribution in [0.4, 0.5) is 10.1 Å². The van der Waals surface area contributed by atoms with Gasteiger partial charge in [0.1, 0.15) is 11.6 Å². The SMILES string of the molecule is O=C1COc2cc(F)c(C(=O)N3CC(OCc4ccccc4)C3)cc2N1. The molecule has 1 fully saturated rings. The summed E-state index contributed by atoms with van der Waals surface area (Å²) in [5, 5.41) is 2.58. The largest absolute Gasteiger partial charge is 0.481 e. The van der Waals surface area contributed by atoms with Crippen molar-refractivity contribution in [2.75, 3.05) is 25.0 Å². The molecule has 2 aromatic carbocycles. The molecule has 7 heteroatoms. The molecule has 26 heavy (non-hydrogen) atoms. The lowest BCUT2D eigenvalue weighted by Gasteiger charge is -2.39. The predicted molar refractivity (Wildman–Crippen MR) is 91.4 cm³/mol. The lowest BCUT2D eigenvalue weighted by Crippen LogP contribution is -2.54. The first-order valence-corrected chi connectivity index (χ1v) is 8.31. The second-order valence-electron chi connectivity index (χ2n) is 6.29. The van der Waals surface area contributed by atoms with Gasteiger partial charge in [0.25, 0.3) is 11.8 Å². The minimum Gasteiger partial charge on any atom is -0.481 e. The van der Waals surface area contributed by atoms with Gasteiger partial charge in [-0.05, 0) is 11.6 Å². The number of nitrogens with one attached hydrogen (secondary N) is 1. The molecule has 2 heterocycles. The van der Waals surface area contributed by atoms with Crippen molar-refractivity contribution in [3.63, 3.8) is 0 Å². The first-order chi connectivity index (χ1) is 12.6. The van der Waals surface area contributed by atoms with Crippen LogP contribution >= 0.6 is 0 Å². The van der Waals surface area contributed by atoms with Gasteiger partial charge < -0.3 is 19.7 Å². The quantitative estimate of drug-likeness (QED) is 0.912. The molecule has 0 bridgehead atoms. The zero-order chi connectivity index (χ0) is 18.1. The molecule has 2 aliphatic rings. The molecule has 0 radical (unpaired) electrons. The Balaban J connectivity index is 1.37. The third-order valence-electron chi connectivity index (χ3n) is 4.40. The Kier molecular flexibility index (Phi) is 4.30. The summed E-state index contributed by atoms with van der Waals surface area (Å²) < 4.78 is 25.1. The average Bonchev–Trinajstić information content (AvgIpc) is 2.61. The number of amides is 2. The Bertz CT molecular complexity index is 850. The second-order valence-corrected chi connectivity index (χ2v) is 6.29. The highest BCUT2D eigenvalue weighted by molar-refractivity contribution is 6.00. The second kappa shape index (κ2) is 6.76. The number of nitrogens with zero attached hydrogens (tertiary/aromatic N) is 1. The first-order valence-electron chi connectivity index (χ1n) is 8.31.